The highest BCUT2D eigenvalue weighted by Gasteiger charge is 2.15. The van der Waals surface area contributed by atoms with Crippen LogP contribution in [0.3, 0.4) is 0 Å². The predicted octanol–water partition coefficient (Wildman–Crippen LogP) is 0.955. The summed E-state index contributed by atoms with van der Waals surface area (Å²) in [6.45, 7) is 3.20. The average molecular weight is 240 g/mol. The van der Waals surface area contributed by atoms with Crippen molar-refractivity contribution < 1.29 is 4.79 Å². The summed E-state index contributed by atoms with van der Waals surface area (Å²) in [5.41, 5.74) is 0. The Bertz CT molecular complexity index is 244. The van der Waals surface area contributed by atoms with Gasteiger partial charge in [0.1, 0.15) is 0 Å². The number of thioether (sulfide) groups is 1. The van der Waals surface area contributed by atoms with Gasteiger partial charge in [0, 0.05) is 25.4 Å². The maximum Gasteiger partial charge on any atom is 0.236 e. The van der Waals surface area contributed by atoms with E-state index < -0.39 is 0 Å². The van der Waals surface area contributed by atoms with Crippen LogP contribution in [0, 0.1) is 12.3 Å². The number of hydrogen-bond acceptors (Lipinski definition) is 3. The molecule has 0 aromatic carbocycles. The van der Waals surface area contributed by atoms with E-state index in [1.54, 1.807) is 11.8 Å². The van der Waals surface area contributed by atoms with Crippen LogP contribution in [0.4, 0.5) is 0 Å². The molecule has 0 saturated carbocycles. The van der Waals surface area contributed by atoms with Gasteiger partial charge in [0.25, 0.3) is 0 Å². The first-order chi connectivity index (χ1) is 7.84. The molecular weight excluding hydrogens is 220 g/mol. The third-order valence-corrected chi connectivity index (χ3v) is 3.46. The van der Waals surface area contributed by atoms with Crippen molar-refractivity contribution in [2.24, 2.45) is 0 Å². The maximum absolute atomic E-state index is 11.7. The molecule has 1 saturated heterocycles. The molecule has 0 unspecified atom stereocenters. The molecule has 3 nitrogen and oxygen atoms in total. The van der Waals surface area contributed by atoms with Gasteiger partial charge in [-0.25, -0.2) is 0 Å². The first-order valence-corrected chi connectivity index (χ1v) is 7.00. The Kier molecular flexibility index (Phi) is 7.11. The fraction of sp³-hybridized carbons (Fsp3) is 0.750. The minimum atomic E-state index is 0.238. The van der Waals surface area contributed by atoms with Crippen molar-refractivity contribution in [3.8, 4) is 12.3 Å². The average Bonchev–Trinajstić information content (AvgIpc) is 2.34. The highest BCUT2D eigenvalue weighted by Crippen LogP contribution is 2.08. The van der Waals surface area contributed by atoms with Crippen molar-refractivity contribution in [1.29, 1.82) is 0 Å². The number of nitrogens with one attached hydrogen (secondary N) is 1. The third kappa shape index (κ3) is 5.43. The Morgan fingerprint density at radius 1 is 1.38 bits per heavy atom. The smallest absolute Gasteiger partial charge is 0.236 e. The second-order valence-corrected chi connectivity index (χ2v) is 4.98. The van der Waals surface area contributed by atoms with E-state index in [0.717, 1.165) is 44.0 Å². The van der Waals surface area contributed by atoms with E-state index in [4.69, 9.17) is 6.42 Å². The van der Waals surface area contributed by atoms with E-state index in [0.29, 0.717) is 6.54 Å². The topological polar surface area (TPSA) is 32.3 Å². The van der Waals surface area contributed by atoms with E-state index >= 15 is 0 Å². The number of hydrogen-bond donors (Lipinski definition) is 1. The zero-order valence-corrected chi connectivity index (χ0v) is 10.5. The van der Waals surface area contributed by atoms with E-state index in [9.17, 15) is 4.79 Å². The van der Waals surface area contributed by atoms with Crippen molar-refractivity contribution in [2.75, 3.05) is 37.7 Å². The molecule has 90 valence electrons. The normalized spacial score (nSPS) is 15.8. The number of amides is 1. The van der Waals surface area contributed by atoms with Gasteiger partial charge in [-0.3, -0.25) is 4.79 Å². The quantitative estimate of drug-likeness (QED) is 0.554. The minimum Gasteiger partial charge on any atom is -0.342 e. The number of rotatable bonds is 6. The monoisotopic (exact) mass is 240 g/mol. The van der Waals surface area contributed by atoms with Crippen molar-refractivity contribution >= 4 is 17.7 Å². The molecule has 1 heterocycles. The summed E-state index contributed by atoms with van der Waals surface area (Å²) in [4.78, 5) is 13.7. The molecule has 4 heteroatoms. The zero-order chi connectivity index (χ0) is 11.6. The summed E-state index contributed by atoms with van der Waals surface area (Å²) >= 11 is 1.72. The predicted molar refractivity (Wildman–Crippen MR) is 69.5 cm³/mol. The van der Waals surface area contributed by atoms with Crippen LogP contribution in [0.1, 0.15) is 19.3 Å². The Morgan fingerprint density at radius 3 is 2.81 bits per heavy atom. The number of terminal acetylenes is 1. The summed E-state index contributed by atoms with van der Waals surface area (Å²) in [7, 11) is 0. The van der Waals surface area contributed by atoms with Crippen molar-refractivity contribution in [2.45, 2.75) is 19.3 Å². The van der Waals surface area contributed by atoms with Crippen LogP contribution in [0.5, 0.6) is 0 Å². The second-order valence-electron chi connectivity index (χ2n) is 3.87. The van der Waals surface area contributed by atoms with E-state index in [1.165, 1.54) is 6.42 Å². The lowest BCUT2D eigenvalue weighted by Gasteiger charge is -2.26. The van der Waals surface area contributed by atoms with Gasteiger partial charge in [0.15, 0.2) is 0 Å². The van der Waals surface area contributed by atoms with E-state index in [2.05, 4.69) is 11.2 Å². The molecular formula is C12H20N2OS. The van der Waals surface area contributed by atoms with Crippen LogP contribution in [0.2, 0.25) is 0 Å². The number of carbonyl (C=O) groups is 1. The molecule has 1 fully saturated rings. The lowest BCUT2D eigenvalue weighted by atomic mass is 10.1. The standard InChI is InChI=1S/C12H20N2OS/c1-2-9-16-10-6-13-11-12(15)14-7-4-3-5-8-14/h1,13H,3-11H2. The summed E-state index contributed by atoms with van der Waals surface area (Å²) in [6, 6.07) is 0. The van der Waals surface area contributed by atoms with Crippen molar-refractivity contribution in [3.05, 3.63) is 0 Å². The van der Waals surface area contributed by atoms with Gasteiger partial charge in [0.05, 0.1) is 12.3 Å². The van der Waals surface area contributed by atoms with Gasteiger partial charge >= 0.3 is 0 Å². The molecule has 1 N–H and O–H groups in total. The minimum absolute atomic E-state index is 0.238. The Balaban J connectivity index is 1.99. The lowest BCUT2D eigenvalue weighted by Crippen LogP contribution is -2.41. The third-order valence-electron chi connectivity index (χ3n) is 2.59. The first-order valence-electron chi connectivity index (χ1n) is 5.84. The number of carbonyl (C=O) groups excluding carboxylic acids is 1. The zero-order valence-electron chi connectivity index (χ0n) is 9.71. The molecule has 0 atom stereocenters. The lowest BCUT2D eigenvalue weighted by molar-refractivity contribution is -0.131. The molecule has 0 radical (unpaired) electrons. The molecule has 0 aliphatic carbocycles. The number of nitrogens with zero attached hydrogens (tertiary/aromatic N) is 1. The molecule has 0 bridgehead atoms. The molecule has 1 aliphatic heterocycles. The second kappa shape index (κ2) is 8.49. The fourth-order valence-corrected chi connectivity index (χ4v) is 2.28. The summed E-state index contributed by atoms with van der Waals surface area (Å²) < 4.78 is 0. The highest BCUT2D eigenvalue weighted by molar-refractivity contribution is 7.99. The summed E-state index contributed by atoms with van der Waals surface area (Å²) in [5, 5.41) is 3.16. The molecule has 1 rings (SSSR count). The van der Waals surface area contributed by atoms with Crippen LogP contribution in [-0.2, 0) is 4.79 Å². The van der Waals surface area contributed by atoms with E-state index in [1.807, 2.05) is 4.90 Å². The van der Waals surface area contributed by atoms with Crippen LogP contribution in [0.15, 0.2) is 0 Å². The van der Waals surface area contributed by atoms with Crippen molar-refractivity contribution in [3.63, 3.8) is 0 Å². The van der Waals surface area contributed by atoms with Gasteiger partial charge in [0.2, 0.25) is 5.91 Å². The van der Waals surface area contributed by atoms with Crippen LogP contribution in [-0.4, -0.2) is 48.5 Å². The molecule has 0 spiro atoms. The Hall–Kier alpha value is -0.660. The highest BCUT2D eigenvalue weighted by atomic mass is 32.2. The van der Waals surface area contributed by atoms with Crippen LogP contribution >= 0.6 is 11.8 Å². The molecule has 1 amide bonds. The Labute approximate surface area is 102 Å². The van der Waals surface area contributed by atoms with Crippen molar-refractivity contribution in [1.82, 2.24) is 10.2 Å². The Morgan fingerprint density at radius 2 is 2.12 bits per heavy atom. The number of piperidine rings is 1. The van der Waals surface area contributed by atoms with Gasteiger partial charge < -0.3 is 10.2 Å². The van der Waals surface area contributed by atoms with Crippen LogP contribution in [0.25, 0.3) is 0 Å². The van der Waals surface area contributed by atoms with Gasteiger partial charge in [-0.15, -0.1) is 18.2 Å². The molecule has 0 aromatic heterocycles. The first kappa shape index (κ1) is 13.4. The largest absolute Gasteiger partial charge is 0.342 e. The van der Waals surface area contributed by atoms with Gasteiger partial charge in [-0.1, -0.05) is 5.92 Å². The number of likely N-dealkylation sites (tertiary alicyclic amines) is 1. The molecule has 1 aliphatic rings. The van der Waals surface area contributed by atoms with Gasteiger partial charge in [-0.05, 0) is 19.3 Å². The van der Waals surface area contributed by atoms with Crippen LogP contribution < -0.4 is 5.32 Å². The maximum atomic E-state index is 11.7. The SMILES string of the molecule is C#CCSCCNCC(=O)N1CCCCC1. The fourth-order valence-electron chi connectivity index (χ4n) is 1.73. The van der Waals surface area contributed by atoms with Gasteiger partial charge in [-0.2, -0.15) is 0 Å². The summed E-state index contributed by atoms with van der Waals surface area (Å²) in [6.07, 6.45) is 8.71. The molecule has 16 heavy (non-hydrogen) atoms. The van der Waals surface area contributed by atoms with E-state index in [-0.39, 0.29) is 5.91 Å². The summed E-state index contributed by atoms with van der Waals surface area (Å²) in [5.74, 6) is 4.54. The molecule has 0 aromatic rings.